The van der Waals surface area contributed by atoms with Gasteiger partial charge in [-0.25, -0.2) is 8.42 Å². The molecule has 146 valence electrons. The summed E-state index contributed by atoms with van der Waals surface area (Å²) in [7, 11) is -3.93. The number of nitrogens with one attached hydrogen (secondary N) is 2. The molecule has 0 saturated heterocycles. The van der Waals surface area contributed by atoms with Crippen LogP contribution in [0.15, 0.2) is 90.0 Å². The topological polar surface area (TPSA) is 105 Å². The van der Waals surface area contributed by atoms with E-state index in [0.29, 0.717) is 0 Å². The molecule has 1 atom stereocenters. The number of H-pyrrole nitrogens is 1. The number of aromatic nitrogens is 1. The number of non-ortho nitro benzene ring substituents is 1. The van der Waals surface area contributed by atoms with Crippen molar-refractivity contribution in [2.45, 2.75) is 10.9 Å². The number of nitro groups is 1. The van der Waals surface area contributed by atoms with Gasteiger partial charge in [0.05, 0.1) is 15.9 Å². The summed E-state index contributed by atoms with van der Waals surface area (Å²) in [5, 5.41) is 11.8. The molecular formula is C21H17N3O4S. The maximum absolute atomic E-state index is 13.0. The van der Waals surface area contributed by atoms with E-state index < -0.39 is 21.0 Å². The van der Waals surface area contributed by atoms with E-state index in [1.54, 1.807) is 6.20 Å². The Hall–Kier alpha value is -3.49. The van der Waals surface area contributed by atoms with Crippen molar-refractivity contribution in [3.63, 3.8) is 0 Å². The van der Waals surface area contributed by atoms with Crippen LogP contribution in [-0.2, 0) is 10.0 Å². The lowest BCUT2D eigenvalue weighted by atomic mass is 9.99. The molecule has 4 rings (SSSR count). The summed E-state index contributed by atoms with van der Waals surface area (Å²) in [5.41, 5.74) is 2.30. The summed E-state index contributed by atoms with van der Waals surface area (Å²) >= 11 is 0. The minimum Gasteiger partial charge on any atom is -0.361 e. The standard InChI is InChI=1S/C21H17N3O4S/c25-24(26)16-10-12-17(13-11-16)29(27,28)23-21(15-6-2-1-3-7-15)19-14-22-20-9-5-4-8-18(19)20/h1-14,21-23H/t21-/m1/s1. The highest BCUT2D eigenvalue weighted by molar-refractivity contribution is 7.89. The molecule has 0 aliphatic rings. The number of benzene rings is 3. The molecule has 0 bridgehead atoms. The first kappa shape index (κ1) is 18.9. The molecule has 2 N–H and O–H groups in total. The van der Waals surface area contributed by atoms with E-state index in [1.165, 1.54) is 24.3 Å². The summed E-state index contributed by atoms with van der Waals surface area (Å²) in [6.07, 6.45) is 1.79. The number of nitrogens with zero attached hydrogens (tertiary/aromatic N) is 1. The zero-order valence-corrected chi connectivity index (χ0v) is 16.0. The Bertz CT molecular complexity index is 1270. The minimum atomic E-state index is -3.93. The Balaban J connectivity index is 1.77. The summed E-state index contributed by atoms with van der Waals surface area (Å²) in [5.74, 6) is 0. The summed E-state index contributed by atoms with van der Waals surface area (Å²) in [6, 6.07) is 21.1. The largest absolute Gasteiger partial charge is 0.361 e. The highest BCUT2D eigenvalue weighted by Gasteiger charge is 2.25. The van der Waals surface area contributed by atoms with Gasteiger partial charge in [0.25, 0.3) is 5.69 Å². The van der Waals surface area contributed by atoms with Gasteiger partial charge in [-0.2, -0.15) is 4.72 Å². The van der Waals surface area contributed by atoms with Crippen LogP contribution in [0.2, 0.25) is 0 Å². The van der Waals surface area contributed by atoms with Gasteiger partial charge in [0, 0.05) is 29.2 Å². The number of aromatic amines is 1. The highest BCUT2D eigenvalue weighted by Crippen LogP contribution is 2.30. The van der Waals surface area contributed by atoms with E-state index in [-0.39, 0.29) is 10.6 Å². The van der Waals surface area contributed by atoms with Crippen LogP contribution < -0.4 is 4.72 Å². The summed E-state index contributed by atoms with van der Waals surface area (Å²) in [4.78, 5) is 13.4. The monoisotopic (exact) mass is 407 g/mol. The second kappa shape index (κ2) is 7.50. The maximum atomic E-state index is 13.0. The molecule has 7 nitrogen and oxygen atoms in total. The summed E-state index contributed by atoms with van der Waals surface area (Å²) < 4.78 is 28.8. The number of hydrogen-bond acceptors (Lipinski definition) is 4. The maximum Gasteiger partial charge on any atom is 0.269 e. The predicted octanol–water partition coefficient (Wildman–Crippen LogP) is 4.14. The number of sulfonamides is 1. The first-order valence-electron chi connectivity index (χ1n) is 8.83. The van der Waals surface area contributed by atoms with E-state index in [0.717, 1.165) is 22.0 Å². The second-order valence-corrected chi connectivity index (χ2v) is 8.22. The van der Waals surface area contributed by atoms with Gasteiger partial charge in [-0.15, -0.1) is 0 Å². The van der Waals surface area contributed by atoms with Crippen LogP contribution in [0.25, 0.3) is 10.9 Å². The Morgan fingerprint density at radius 1 is 0.897 bits per heavy atom. The van der Waals surface area contributed by atoms with Crippen molar-refractivity contribution < 1.29 is 13.3 Å². The summed E-state index contributed by atoms with van der Waals surface area (Å²) in [6.45, 7) is 0. The molecule has 29 heavy (non-hydrogen) atoms. The van der Waals surface area contributed by atoms with Crippen LogP contribution in [0.4, 0.5) is 5.69 Å². The molecule has 0 aliphatic heterocycles. The molecule has 0 amide bonds. The molecule has 0 unspecified atom stereocenters. The lowest BCUT2D eigenvalue weighted by molar-refractivity contribution is -0.384. The molecule has 8 heteroatoms. The van der Waals surface area contributed by atoms with Crippen molar-refractivity contribution in [1.82, 2.24) is 9.71 Å². The first-order valence-corrected chi connectivity index (χ1v) is 10.3. The molecule has 1 heterocycles. The Morgan fingerprint density at radius 3 is 2.24 bits per heavy atom. The van der Waals surface area contributed by atoms with Gasteiger partial charge in [0.15, 0.2) is 0 Å². The van der Waals surface area contributed by atoms with Crippen molar-refractivity contribution in [3.8, 4) is 0 Å². The number of para-hydroxylation sites is 1. The van der Waals surface area contributed by atoms with Crippen LogP contribution in [0.5, 0.6) is 0 Å². The Labute approximate surface area is 167 Å². The molecule has 4 aromatic rings. The molecule has 0 radical (unpaired) electrons. The van der Waals surface area contributed by atoms with E-state index in [9.17, 15) is 18.5 Å². The van der Waals surface area contributed by atoms with E-state index in [1.807, 2.05) is 54.6 Å². The number of rotatable bonds is 6. The quantitative estimate of drug-likeness (QED) is 0.370. The van der Waals surface area contributed by atoms with Crippen LogP contribution in [0.1, 0.15) is 17.2 Å². The lowest BCUT2D eigenvalue weighted by Crippen LogP contribution is -2.29. The second-order valence-electron chi connectivity index (χ2n) is 6.51. The van der Waals surface area contributed by atoms with Crippen molar-refractivity contribution in [3.05, 3.63) is 106 Å². The molecule has 1 aromatic heterocycles. The van der Waals surface area contributed by atoms with Crippen molar-refractivity contribution in [1.29, 1.82) is 0 Å². The Morgan fingerprint density at radius 2 is 1.55 bits per heavy atom. The minimum absolute atomic E-state index is 0.0381. The SMILES string of the molecule is O=[N+]([O-])c1ccc(S(=O)(=O)N[C@H](c2ccccc2)c2c[nH]c3ccccc23)cc1. The van der Waals surface area contributed by atoms with E-state index >= 15 is 0 Å². The van der Waals surface area contributed by atoms with Crippen LogP contribution in [-0.4, -0.2) is 18.3 Å². The van der Waals surface area contributed by atoms with Crippen LogP contribution >= 0.6 is 0 Å². The third-order valence-electron chi connectivity index (χ3n) is 4.70. The number of nitro benzene ring substituents is 1. The smallest absolute Gasteiger partial charge is 0.269 e. The van der Waals surface area contributed by atoms with E-state index in [4.69, 9.17) is 0 Å². The van der Waals surface area contributed by atoms with Crippen molar-refractivity contribution in [2.24, 2.45) is 0 Å². The van der Waals surface area contributed by atoms with Gasteiger partial charge < -0.3 is 4.98 Å². The average molecular weight is 407 g/mol. The predicted molar refractivity (Wildman–Crippen MR) is 110 cm³/mol. The zero-order chi connectivity index (χ0) is 20.4. The molecular weight excluding hydrogens is 390 g/mol. The molecule has 3 aromatic carbocycles. The van der Waals surface area contributed by atoms with E-state index in [2.05, 4.69) is 9.71 Å². The highest BCUT2D eigenvalue weighted by atomic mass is 32.2. The average Bonchev–Trinajstić information content (AvgIpc) is 3.17. The van der Waals surface area contributed by atoms with Gasteiger partial charge in [-0.3, -0.25) is 10.1 Å². The van der Waals surface area contributed by atoms with Crippen LogP contribution in [0, 0.1) is 10.1 Å². The third-order valence-corrected chi connectivity index (χ3v) is 6.13. The van der Waals surface area contributed by atoms with Gasteiger partial charge in [-0.05, 0) is 29.3 Å². The van der Waals surface area contributed by atoms with Gasteiger partial charge in [0.2, 0.25) is 10.0 Å². The Kier molecular flexibility index (Phi) is 4.87. The van der Waals surface area contributed by atoms with Gasteiger partial charge >= 0.3 is 0 Å². The fraction of sp³-hybridized carbons (Fsp3) is 0.0476. The van der Waals surface area contributed by atoms with Crippen LogP contribution in [0.3, 0.4) is 0 Å². The molecule has 0 saturated carbocycles. The van der Waals surface area contributed by atoms with Crippen molar-refractivity contribution in [2.75, 3.05) is 0 Å². The number of fused-ring (bicyclic) bond motifs is 1. The number of hydrogen-bond donors (Lipinski definition) is 2. The fourth-order valence-corrected chi connectivity index (χ4v) is 4.46. The molecule has 0 spiro atoms. The third kappa shape index (κ3) is 3.75. The van der Waals surface area contributed by atoms with Crippen molar-refractivity contribution >= 4 is 26.6 Å². The van der Waals surface area contributed by atoms with Gasteiger partial charge in [0.1, 0.15) is 0 Å². The molecule has 0 fully saturated rings. The van der Waals surface area contributed by atoms with Gasteiger partial charge in [-0.1, -0.05) is 48.5 Å². The zero-order valence-electron chi connectivity index (χ0n) is 15.1. The normalized spacial score (nSPS) is 12.7. The first-order chi connectivity index (χ1) is 14.0. The fourth-order valence-electron chi connectivity index (χ4n) is 3.26. The lowest BCUT2D eigenvalue weighted by Gasteiger charge is -2.19. The molecule has 0 aliphatic carbocycles.